The largest absolute Gasteiger partial charge is 0.379 e. The number of carbonyl (C=O) groups excluding carboxylic acids is 1. The third-order valence-electron chi connectivity index (χ3n) is 8.02. The van der Waals surface area contributed by atoms with Crippen molar-refractivity contribution in [1.29, 1.82) is 0 Å². The molecule has 12 heteroatoms. The van der Waals surface area contributed by atoms with E-state index >= 15 is 0 Å². The molecule has 3 aromatic rings. The lowest BCUT2D eigenvalue weighted by atomic mass is 9.75. The highest BCUT2D eigenvalue weighted by Crippen LogP contribution is 2.47. The quantitative estimate of drug-likeness (QED) is 0.136. The highest BCUT2D eigenvalue weighted by Gasteiger charge is 2.57. The van der Waals surface area contributed by atoms with Crippen LogP contribution in [0.1, 0.15) is 24.2 Å². The van der Waals surface area contributed by atoms with Gasteiger partial charge in [-0.3, -0.25) is 9.78 Å². The van der Waals surface area contributed by atoms with Gasteiger partial charge in [0.15, 0.2) is 0 Å². The van der Waals surface area contributed by atoms with Gasteiger partial charge in [-0.25, -0.2) is 4.98 Å². The molecule has 2 aromatic heterocycles. The lowest BCUT2D eigenvalue weighted by molar-refractivity contribution is -0.128. The number of nitrogens with zero attached hydrogens (tertiary/aromatic N) is 5. The average molecular weight is 640 g/mol. The maximum absolute atomic E-state index is 13.8. The zero-order valence-electron chi connectivity index (χ0n) is 25.9. The van der Waals surface area contributed by atoms with E-state index in [0.29, 0.717) is 90.7 Å². The highest BCUT2D eigenvalue weighted by molar-refractivity contribution is 6.31. The number of imidazole rings is 1. The van der Waals surface area contributed by atoms with Gasteiger partial charge in [-0.05, 0) is 49.7 Å². The zero-order chi connectivity index (χ0) is 31.5. The van der Waals surface area contributed by atoms with Crippen LogP contribution in [-0.2, 0) is 47.0 Å². The maximum atomic E-state index is 13.8. The van der Waals surface area contributed by atoms with Crippen LogP contribution in [0.3, 0.4) is 0 Å². The molecule has 0 unspecified atom stereocenters. The summed E-state index contributed by atoms with van der Waals surface area (Å²) in [5, 5.41) is 0.636. The number of fused-ring (bicyclic) bond motifs is 3. The number of likely N-dealkylation sites (N-methyl/N-ethyl adjacent to an activating group) is 1. The monoisotopic (exact) mass is 639 g/mol. The second-order valence-electron chi connectivity index (χ2n) is 11.3. The first kappa shape index (κ1) is 33.3. The molecule has 0 atom stereocenters. The van der Waals surface area contributed by atoms with Crippen LogP contribution in [0.15, 0.2) is 36.7 Å². The molecule has 2 aliphatic rings. The van der Waals surface area contributed by atoms with Crippen LogP contribution in [0.4, 0.5) is 5.69 Å². The third-order valence-corrected chi connectivity index (χ3v) is 8.26. The van der Waals surface area contributed by atoms with Crippen molar-refractivity contribution in [3.63, 3.8) is 0 Å². The number of halogens is 1. The molecule has 11 nitrogen and oxygen atoms in total. The molecule has 0 N–H and O–H groups in total. The Hall–Kier alpha value is -3.08. The molecule has 1 spiro atoms. The number of aryl methyl sites for hydroxylation is 1. The van der Waals surface area contributed by atoms with Crippen LogP contribution in [0.5, 0.6) is 0 Å². The summed E-state index contributed by atoms with van der Waals surface area (Å²) in [5.41, 5.74) is 3.27. The minimum atomic E-state index is -0.491. The summed E-state index contributed by atoms with van der Waals surface area (Å²) in [6.45, 7) is 7.55. The van der Waals surface area contributed by atoms with Crippen molar-refractivity contribution in [3.8, 4) is 12.3 Å². The van der Waals surface area contributed by atoms with Gasteiger partial charge in [-0.15, -0.1) is 6.42 Å². The number of carbonyl (C=O) groups is 1. The minimum absolute atomic E-state index is 0.120. The van der Waals surface area contributed by atoms with Crippen molar-refractivity contribution in [2.75, 3.05) is 91.1 Å². The Morgan fingerprint density at radius 3 is 2.27 bits per heavy atom. The molecule has 1 amide bonds. The van der Waals surface area contributed by atoms with Crippen molar-refractivity contribution in [2.24, 2.45) is 0 Å². The van der Waals surface area contributed by atoms with E-state index < -0.39 is 5.41 Å². The Morgan fingerprint density at radius 1 is 0.933 bits per heavy atom. The molecule has 0 radical (unpaired) electrons. The summed E-state index contributed by atoms with van der Waals surface area (Å²) < 4.78 is 29.6. The van der Waals surface area contributed by atoms with E-state index in [1.807, 2.05) is 36.2 Å². The predicted octanol–water partition coefficient (Wildman–Crippen LogP) is 3.31. The fourth-order valence-electron chi connectivity index (χ4n) is 5.98. The first-order valence-electron chi connectivity index (χ1n) is 15.5. The molecule has 242 valence electrons. The molecule has 0 aliphatic carbocycles. The number of terminal acetylenes is 1. The normalized spacial score (nSPS) is 15.6. The molecule has 0 saturated carbocycles. The molecule has 1 aromatic carbocycles. The zero-order valence-corrected chi connectivity index (χ0v) is 26.7. The van der Waals surface area contributed by atoms with Crippen LogP contribution in [0.25, 0.3) is 11.0 Å². The van der Waals surface area contributed by atoms with E-state index in [2.05, 4.69) is 20.4 Å². The molecule has 1 fully saturated rings. The van der Waals surface area contributed by atoms with E-state index in [1.54, 1.807) is 12.4 Å². The average Bonchev–Trinajstić information content (AvgIpc) is 3.48. The van der Waals surface area contributed by atoms with Gasteiger partial charge in [0.05, 0.1) is 82.3 Å². The van der Waals surface area contributed by atoms with E-state index in [1.165, 1.54) is 0 Å². The van der Waals surface area contributed by atoms with Gasteiger partial charge < -0.3 is 38.1 Å². The van der Waals surface area contributed by atoms with Gasteiger partial charge in [-0.1, -0.05) is 17.5 Å². The predicted molar refractivity (Wildman–Crippen MR) is 172 cm³/mol. The number of hydrogen-bond donors (Lipinski definition) is 0. The van der Waals surface area contributed by atoms with Crippen LogP contribution >= 0.6 is 11.6 Å². The van der Waals surface area contributed by atoms with E-state index in [0.717, 1.165) is 47.5 Å². The number of ether oxygens (including phenoxy) is 5. The number of pyridine rings is 1. The molecule has 4 heterocycles. The fourth-order valence-corrected chi connectivity index (χ4v) is 6.14. The number of anilines is 1. The Balaban J connectivity index is 1.03. The van der Waals surface area contributed by atoms with Crippen molar-refractivity contribution in [1.82, 2.24) is 19.4 Å². The summed E-state index contributed by atoms with van der Waals surface area (Å²) in [4.78, 5) is 27.1. The van der Waals surface area contributed by atoms with E-state index in [-0.39, 0.29) is 5.91 Å². The number of aromatic nitrogens is 3. The Morgan fingerprint density at radius 2 is 1.60 bits per heavy atom. The molecule has 45 heavy (non-hydrogen) atoms. The molecular weight excluding hydrogens is 598 g/mol. The Labute approximate surface area is 269 Å². The van der Waals surface area contributed by atoms with Crippen molar-refractivity contribution < 1.29 is 28.5 Å². The smallest absolute Gasteiger partial charge is 0.240 e. The van der Waals surface area contributed by atoms with Crippen molar-refractivity contribution in [2.45, 2.75) is 31.3 Å². The molecule has 1 saturated heterocycles. The number of rotatable bonds is 20. The van der Waals surface area contributed by atoms with Crippen molar-refractivity contribution >= 4 is 34.2 Å². The molecular formula is C33H42ClN5O6. The summed E-state index contributed by atoms with van der Waals surface area (Å²) in [7, 11) is 2.04. The standard InChI is InChI=1S/C33H42ClN5O6/c1-3-11-41-13-15-43-17-19-45-20-18-44-16-14-42-12-5-4-10-38-29-7-6-26(34)21-28(29)36-31(38)23-39-30-22-35-9-8-27(30)33(32(39)40)24-37(2)25-33/h1,6-9,21-22H,4-5,10-20,23-25H2,2H3. The van der Waals surface area contributed by atoms with Crippen LogP contribution in [-0.4, -0.2) is 112 Å². The van der Waals surface area contributed by atoms with Crippen LogP contribution in [0, 0.1) is 12.3 Å². The van der Waals surface area contributed by atoms with Gasteiger partial charge >= 0.3 is 0 Å². The van der Waals surface area contributed by atoms with Gasteiger partial charge in [0, 0.05) is 37.5 Å². The summed E-state index contributed by atoms with van der Waals surface area (Å²) in [6.07, 6.45) is 10.5. The summed E-state index contributed by atoms with van der Waals surface area (Å²) in [5.74, 6) is 3.36. The Kier molecular flexibility index (Phi) is 12.2. The van der Waals surface area contributed by atoms with Gasteiger partial charge in [-0.2, -0.15) is 0 Å². The minimum Gasteiger partial charge on any atom is -0.379 e. The summed E-state index contributed by atoms with van der Waals surface area (Å²) in [6, 6.07) is 7.75. The van der Waals surface area contributed by atoms with Gasteiger partial charge in [0.2, 0.25) is 5.91 Å². The van der Waals surface area contributed by atoms with Crippen molar-refractivity contribution in [3.05, 3.63) is 53.1 Å². The first-order chi connectivity index (χ1) is 22.0. The third kappa shape index (κ3) is 8.20. The lowest BCUT2D eigenvalue weighted by Crippen LogP contribution is -2.62. The SMILES string of the molecule is C#CCOCCOCCOCCOCCOCCCCn1c(CN2C(=O)C3(CN(C)C3)c3ccncc32)nc2cc(Cl)ccc21. The molecule has 5 rings (SSSR count). The molecule has 2 aliphatic heterocycles. The van der Waals surface area contributed by atoms with Crippen LogP contribution < -0.4 is 4.90 Å². The second kappa shape index (κ2) is 16.5. The highest BCUT2D eigenvalue weighted by atomic mass is 35.5. The summed E-state index contributed by atoms with van der Waals surface area (Å²) >= 11 is 6.30. The van der Waals surface area contributed by atoms with E-state index in [4.69, 9.17) is 46.7 Å². The first-order valence-corrected chi connectivity index (χ1v) is 15.8. The number of hydrogen-bond acceptors (Lipinski definition) is 9. The second-order valence-corrected chi connectivity index (χ2v) is 11.7. The lowest BCUT2D eigenvalue weighted by Gasteiger charge is -2.44. The molecule has 0 bridgehead atoms. The van der Waals surface area contributed by atoms with Gasteiger partial charge in [0.1, 0.15) is 17.8 Å². The number of benzene rings is 1. The maximum Gasteiger partial charge on any atom is 0.240 e. The van der Waals surface area contributed by atoms with E-state index in [9.17, 15) is 4.79 Å². The van der Waals surface area contributed by atoms with Gasteiger partial charge in [0.25, 0.3) is 0 Å². The number of likely N-dealkylation sites (tertiary alicyclic amines) is 1. The Bertz CT molecular complexity index is 1450. The fraction of sp³-hybridized carbons (Fsp3) is 0.545. The van der Waals surface area contributed by atoms with Crippen LogP contribution in [0.2, 0.25) is 5.02 Å². The number of unbranched alkanes of at least 4 members (excludes halogenated alkanes) is 1. The topological polar surface area (TPSA) is 100 Å². The number of amides is 1.